The van der Waals surface area contributed by atoms with E-state index in [0.29, 0.717) is 0 Å². The van der Waals surface area contributed by atoms with Gasteiger partial charge in [0.15, 0.2) is 0 Å². The third-order valence-corrected chi connectivity index (χ3v) is 6.25. The van der Waals surface area contributed by atoms with E-state index in [1.807, 2.05) is 54.6 Å². The molecule has 0 saturated heterocycles. The van der Waals surface area contributed by atoms with Gasteiger partial charge in [-0.25, -0.2) is 8.42 Å². The van der Waals surface area contributed by atoms with Crippen LogP contribution in [0.5, 0.6) is 0 Å². The van der Waals surface area contributed by atoms with Crippen LogP contribution < -0.4 is 0 Å². The van der Waals surface area contributed by atoms with Crippen molar-refractivity contribution in [1.82, 2.24) is 0 Å². The van der Waals surface area contributed by atoms with Gasteiger partial charge >= 0.3 is 0 Å². The van der Waals surface area contributed by atoms with Crippen molar-refractivity contribution in [3.8, 4) is 0 Å². The molecule has 0 aliphatic rings. The number of aryl methyl sites for hydroxylation is 1. The van der Waals surface area contributed by atoms with Gasteiger partial charge in [0.25, 0.3) is 0 Å². The highest BCUT2D eigenvalue weighted by molar-refractivity contribution is 8.71. The van der Waals surface area contributed by atoms with E-state index < -0.39 is 8.87 Å². The lowest BCUT2D eigenvalue weighted by Crippen LogP contribution is -1.98. The van der Waals surface area contributed by atoms with E-state index in [4.69, 9.17) is 0 Å². The van der Waals surface area contributed by atoms with E-state index >= 15 is 0 Å². The average molecular weight is 320 g/mol. The predicted octanol–water partition coefficient (Wildman–Crippen LogP) is 4.65. The lowest BCUT2D eigenvalue weighted by Gasteiger charge is -2.05. The maximum atomic E-state index is 12.2. The molecule has 2 aromatic carbocycles. The molecule has 0 bridgehead atoms. The van der Waals surface area contributed by atoms with E-state index in [0.717, 1.165) is 27.7 Å². The first-order valence-electron chi connectivity index (χ1n) is 7.14. The zero-order valence-electron chi connectivity index (χ0n) is 12.2. The summed E-state index contributed by atoms with van der Waals surface area (Å²) < 4.78 is 24.4. The van der Waals surface area contributed by atoms with Gasteiger partial charge in [0.2, 0.25) is 8.87 Å². The van der Waals surface area contributed by atoms with Crippen molar-refractivity contribution >= 4 is 19.7 Å². The van der Waals surface area contributed by atoms with Crippen molar-refractivity contribution in [2.75, 3.05) is 0 Å². The Morgan fingerprint density at radius 1 is 0.905 bits per heavy atom. The van der Waals surface area contributed by atoms with Crippen LogP contribution in [0.4, 0.5) is 0 Å². The third kappa shape index (κ3) is 5.56. The molecule has 0 saturated carbocycles. The van der Waals surface area contributed by atoms with E-state index in [2.05, 4.69) is 6.92 Å². The fourth-order valence-electron chi connectivity index (χ4n) is 2.05. The molecule has 0 fully saturated rings. The summed E-state index contributed by atoms with van der Waals surface area (Å²) in [6.07, 6.45) is 3.39. The van der Waals surface area contributed by atoms with Crippen LogP contribution in [0.2, 0.25) is 0 Å². The lowest BCUT2D eigenvalue weighted by molar-refractivity contribution is 0.609. The Hall–Kier alpha value is -1.26. The molecule has 0 amide bonds. The van der Waals surface area contributed by atoms with E-state index in [9.17, 15) is 8.42 Å². The summed E-state index contributed by atoms with van der Waals surface area (Å²) in [5.41, 5.74) is 2.09. The summed E-state index contributed by atoms with van der Waals surface area (Å²) in [5.74, 6) is 0.0656. The van der Waals surface area contributed by atoms with Crippen molar-refractivity contribution in [1.29, 1.82) is 0 Å². The highest BCUT2D eigenvalue weighted by atomic mass is 33.1. The quantitative estimate of drug-likeness (QED) is 0.696. The lowest BCUT2D eigenvalue weighted by atomic mass is 10.1. The highest BCUT2D eigenvalue weighted by Gasteiger charge is 2.14. The molecule has 0 aliphatic carbocycles. The second-order valence-corrected chi connectivity index (χ2v) is 9.08. The molecule has 0 N–H and O–H groups in total. The Bertz CT molecular complexity index is 647. The molecule has 21 heavy (non-hydrogen) atoms. The maximum absolute atomic E-state index is 12.2. The zero-order chi connectivity index (χ0) is 15.1. The van der Waals surface area contributed by atoms with E-state index in [1.54, 1.807) is 0 Å². The van der Waals surface area contributed by atoms with Gasteiger partial charge in [0.05, 0.1) is 5.75 Å². The topological polar surface area (TPSA) is 34.1 Å². The summed E-state index contributed by atoms with van der Waals surface area (Å²) >= 11 is 0. The molecule has 0 aromatic heterocycles. The summed E-state index contributed by atoms with van der Waals surface area (Å²) in [7, 11) is -2.26. The summed E-state index contributed by atoms with van der Waals surface area (Å²) in [4.78, 5) is 0.783. The monoisotopic (exact) mass is 320 g/mol. The van der Waals surface area contributed by atoms with Gasteiger partial charge in [-0.15, -0.1) is 0 Å². The highest BCUT2D eigenvalue weighted by Crippen LogP contribution is 2.28. The van der Waals surface area contributed by atoms with Crippen LogP contribution in [0.25, 0.3) is 0 Å². The van der Waals surface area contributed by atoms with E-state index in [1.165, 1.54) is 18.4 Å². The summed E-state index contributed by atoms with van der Waals surface area (Å²) in [6.45, 7) is 2.17. The Morgan fingerprint density at radius 2 is 1.57 bits per heavy atom. The molecule has 112 valence electrons. The summed E-state index contributed by atoms with van der Waals surface area (Å²) in [5, 5.41) is 0. The Morgan fingerprint density at radius 3 is 2.19 bits per heavy atom. The minimum atomic E-state index is -3.20. The van der Waals surface area contributed by atoms with Crippen LogP contribution in [0, 0.1) is 0 Å². The van der Waals surface area contributed by atoms with Crippen molar-refractivity contribution < 1.29 is 8.42 Å². The molecule has 0 spiro atoms. The van der Waals surface area contributed by atoms with Gasteiger partial charge in [-0.2, -0.15) is 0 Å². The predicted molar refractivity (Wildman–Crippen MR) is 90.0 cm³/mol. The minimum Gasteiger partial charge on any atom is -0.217 e. The van der Waals surface area contributed by atoms with Crippen LogP contribution in [-0.2, 0) is 21.0 Å². The molecular weight excluding hydrogens is 300 g/mol. The van der Waals surface area contributed by atoms with Gasteiger partial charge in [-0.05, 0) is 36.1 Å². The Kier molecular flexibility index (Phi) is 5.88. The first-order valence-corrected chi connectivity index (χ1v) is 10.1. The van der Waals surface area contributed by atoms with E-state index in [-0.39, 0.29) is 5.75 Å². The SMILES string of the molecule is CCCCc1ccc(SS(=O)(=O)Cc2ccccc2)cc1. The molecule has 4 heteroatoms. The molecule has 2 nitrogen and oxygen atoms in total. The van der Waals surface area contributed by atoms with Crippen LogP contribution in [0.15, 0.2) is 59.5 Å². The Balaban J connectivity index is 2.00. The van der Waals surface area contributed by atoms with Gasteiger partial charge in [0, 0.05) is 15.7 Å². The van der Waals surface area contributed by atoms with Crippen molar-refractivity contribution in [3.63, 3.8) is 0 Å². The molecule has 0 radical (unpaired) electrons. The zero-order valence-corrected chi connectivity index (χ0v) is 13.8. The molecule has 0 atom stereocenters. The third-order valence-electron chi connectivity index (χ3n) is 3.15. The fourth-order valence-corrected chi connectivity index (χ4v) is 5.05. The Labute approximate surface area is 130 Å². The van der Waals surface area contributed by atoms with Crippen molar-refractivity contribution in [2.45, 2.75) is 36.8 Å². The molecule has 2 aromatic rings. The molecular formula is C17H20O2S2. The van der Waals surface area contributed by atoms with Gasteiger partial charge in [-0.1, -0.05) is 55.8 Å². The molecule has 0 aliphatic heterocycles. The first kappa shape index (κ1) is 16.1. The fraction of sp³-hybridized carbons (Fsp3) is 0.294. The van der Waals surface area contributed by atoms with Crippen molar-refractivity contribution in [2.24, 2.45) is 0 Å². The second kappa shape index (κ2) is 7.66. The largest absolute Gasteiger partial charge is 0.217 e. The van der Waals surface area contributed by atoms with Crippen LogP contribution in [-0.4, -0.2) is 8.42 Å². The number of hydrogen-bond donors (Lipinski definition) is 0. The van der Waals surface area contributed by atoms with Crippen LogP contribution in [0.1, 0.15) is 30.9 Å². The number of benzene rings is 2. The number of hydrogen-bond acceptors (Lipinski definition) is 3. The molecule has 0 unspecified atom stereocenters. The normalized spacial score (nSPS) is 11.5. The summed E-state index contributed by atoms with van der Waals surface area (Å²) in [6, 6.07) is 17.1. The van der Waals surface area contributed by atoms with Gasteiger partial charge in [0.1, 0.15) is 0 Å². The average Bonchev–Trinajstić information content (AvgIpc) is 2.47. The molecule has 0 heterocycles. The van der Waals surface area contributed by atoms with Crippen molar-refractivity contribution in [3.05, 3.63) is 65.7 Å². The van der Waals surface area contributed by atoms with Gasteiger partial charge < -0.3 is 0 Å². The van der Waals surface area contributed by atoms with Crippen LogP contribution >= 0.6 is 10.8 Å². The minimum absolute atomic E-state index is 0.0656. The first-order chi connectivity index (χ1) is 10.1. The molecule has 2 rings (SSSR count). The smallest absolute Gasteiger partial charge is 0.210 e. The number of rotatable bonds is 7. The van der Waals surface area contributed by atoms with Gasteiger partial charge in [-0.3, -0.25) is 0 Å². The van der Waals surface area contributed by atoms with Crippen LogP contribution in [0.3, 0.4) is 0 Å². The maximum Gasteiger partial charge on any atom is 0.210 e. The second-order valence-electron chi connectivity index (χ2n) is 5.02. The number of unbranched alkanes of at least 4 members (excludes halogenated alkanes) is 1. The standard InChI is InChI=1S/C17H20O2S2/c1-2-3-7-15-10-12-17(13-11-15)20-21(18,19)14-16-8-5-4-6-9-16/h4-6,8-13H,2-3,7,14H2,1H3.